The summed E-state index contributed by atoms with van der Waals surface area (Å²) in [4.78, 5) is 28.5. The second-order valence-electron chi connectivity index (χ2n) is 7.60. The minimum Gasteiger partial charge on any atom is -0.304 e. The van der Waals surface area contributed by atoms with Crippen molar-refractivity contribution >= 4 is 35.0 Å². The molecule has 162 valence electrons. The van der Waals surface area contributed by atoms with Gasteiger partial charge in [0.25, 0.3) is 5.91 Å². The van der Waals surface area contributed by atoms with Gasteiger partial charge in [0.15, 0.2) is 0 Å². The highest BCUT2D eigenvalue weighted by Gasteiger charge is 2.60. The largest absolute Gasteiger partial charge is 0.416 e. The summed E-state index contributed by atoms with van der Waals surface area (Å²) < 4.78 is 39.6. The molecule has 0 aromatic heterocycles. The number of amides is 2. The maximum absolute atomic E-state index is 13.9. The molecule has 1 atom stereocenters. The number of nitrogens with zero attached hydrogens (tertiary/aromatic N) is 2. The van der Waals surface area contributed by atoms with Crippen molar-refractivity contribution in [1.29, 1.82) is 0 Å². The quantitative estimate of drug-likeness (QED) is 0.547. The molecule has 4 nitrogen and oxygen atoms in total. The smallest absolute Gasteiger partial charge is 0.304 e. The van der Waals surface area contributed by atoms with Gasteiger partial charge in [0.2, 0.25) is 10.8 Å². The van der Waals surface area contributed by atoms with E-state index in [-0.39, 0.29) is 24.1 Å². The number of para-hydroxylation sites is 2. The van der Waals surface area contributed by atoms with E-state index < -0.39 is 16.6 Å². The Labute approximate surface area is 186 Å². The van der Waals surface area contributed by atoms with Gasteiger partial charge in [0.05, 0.1) is 23.5 Å². The topological polar surface area (TPSA) is 40.6 Å². The molecule has 0 unspecified atom stereocenters. The van der Waals surface area contributed by atoms with Gasteiger partial charge in [0.1, 0.15) is 0 Å². The zero-order chi connectivity index (χ0) is 22.5. The van der Waals surface area contributed by atoms with Crippen molar-refractivity contribution in [1.82, 2.24) is 0 Å². The molecular weight excluding hydrogens is 437 g/mol. The number of carbonyl (C=O) groups is 2. The van der Waals surface area contributed by atoms with Gasteiger partial charge in [0, 0.05) is 11.3 Å². The molecular formula is C24H17F3N2O2S. The molecule has 3 aromatic rings. The third kappa shape index (κ3) is 3.09. The summed E-state index contributed by atoms with van der Waals surface area (Å²) in [5.41, 5.74) is 1.46. The number of thioether (sulfide) groups is 1. The lowest BCUT2D eigenvalue weighted by Crippen LogP contribution is -2.49. The van der Waals surface area contributed by atoms with Crippen LogP contribution in [0.2, 0.25) is 0 Å². The molecule has 2 aliphatic heterocycles. The molecule has 0 N–H and O–H groups in total. The average molecular weight is 454 g/mol. The Bertz CT molecular complexity index is 1220. The average Bonchev–Trinajstić information content (AvgIpc) is 3.25. The van der Waals surface area contributed by atoms with E-state index in [4.69, 9.17) is 0 Å². The normalized spacial score (nSPS) is 20.3. The molecule has 0 radical (unpaired) electrons. The van der Waals surface area contributed by atoms with E-state index in [2.05, 4.69) is 0 Å². The van der Waals surface area contributed by atoms with E-state index in [0.29, 0.717) is 22.5 Å². The molecule has 0 bridgehead atoms. The van der Waals surface area contributed by atoms with Crippen molar-refractivity contribution in [2.45, 2.75) is 17.6 Å². The lowest BCUT2D eigenvalue weighted by molar-refractivity contribution is -0.137. The summed E-state index contributed by atoms with van der Waals surface area (Å²) in [5.74, 6) is -0.395. The van der Waals surface area contributed by atoms with Crippen LogP contribution in [0.5, 0.6) is 0 Å². The van der Waals surface area contributed by atoms with Crippen LogP contribution in [0.25, 0.3) is 0 Å². The summed E-state index contributed by atoms with van der Waals surface area (Å²) in [6.45, 7) is -0.0289. The fraction of sp³-hybridized carbons (Fsp3) is 0.167. The Morgan fingerprint density at radius 2 is 1.62 bits per heavy atom. The van der Waals surface area contributed by atoms with Crippen LogP contribution in [-0.4, -0.2) is 17.6 Å². The Morgan fingerprint density at radius 3 is 2.38 bits per heavy atom. The van der Waals surface area contributed by atoms with Crippen LogP contribution in [-0.2, 0) is 27.2 Å². The van der Waals surface area contributed by atoms with Gasteiger partial charge >= 0.3 is 6.18 Å². The predicted octanol–water partition coefficient (Wildman–Crippen LogP) is 5.19. The number of alkyl halides is 3. The third-order valence-corrected chi connectivity index (χ3v) is 7.06. The van der Waals surface area contributed by atoms with Gasteiger partial charge in [-0.05, 0) is 35.9 Å². The molecule has 3 aromatic carbocycles. The number of benzene rings is 3. The highest BCUT2D eigenvalue weighted by molar-refractivity contribution is 8.02. The van der Waals surface area contributed by atoms with E-state index in [0.717, 1.165) is 12.1 Å². The monoisotopic (exact) mass is 454 g/mol. The second-order valence-corrected chi connectivity index (χ2v) is 8.77. The van der Waals surface area contributed by atoms with Crippen molar-refractivity contribution in [2.24, 2.45) is 0 Å². The Kier molecular flexibility index (Phi) is 4.78. The maximum atomic E-state index is 13.9. The van der Waals surface area contributed by atoms with Crippen molar-refractivity contribution in [3.8, 4) is 0 Å². The first-order valence-electron chi connectivity index (χ1n) is 9.92. The highest BCUT2D eigenvalue weighted by Crippen LogP contribution is 2.55. The standard InChI is InChI=1S/C24H17F3N2O2S/c25-24(26,27)17-8-6-7-16(13-17)14-28-20-12-5-4-11-19(20)23(22(28)31)29(21(30)15-32-23)18-9-2-1-3-10-18/h1-13H,14-15H2/t23-/m0/s1. The molecule has 5 rings (SSSR count). The molecule has 1 fully saturated rings. The lowest BCUT2D eigenvalue weighted by atomic mass is 10.0. The minimum absolute atomic E-state index is 0.0289. The summed E-state index contributed by atoms with van der Waals surface area (Å²) in [5, 5.41) is 0. The first-order valence-corrected chi connectivity index (χ1v) is 10.9. The predicted molar refractivity (Wildman–Crippen MR) is 117 cm³/mol. The molecule has 2 aliphatic rings. The van der Waals surface area contributed by atoms with Gasteiger partial charge in [-0.3, -0.25) is 14.5 Å². The van der Waals surface area contributed by atoms with Gasteiger partial charge in [-0.25, -0.2) is 0 Å². The van der Waals surface area contributed by atoms with E-state index in [1.54, 1.807) is 54.6 Å². The van der Waals surface area contributed by atoms with Gasteiger partial charge in [-0.2, -0.15) is 13.2 Å². The molecule has 32 heavy (non-hydrogen) atoms. The summed E-state index contributed by atoms with van der Waals surface area (Å²) in [6, 6.07) is 21.1. The number of rotatable bonds is 3. The van der Waals surface area contributed by atoms with E-state index in [1.165, 1.54) is 27.6 Å². The molecule has 1 spiro atoms. The first-order chi connectivity index (χ1) is 15.3. The van der Waals surface area contributed by atoms with Crippen molar-refractivity contribution in [3.63, 3.8) is 0 Å². The maximum Gasteiger partial charge on any atom is 0.416 e. The van der Waals surface area contributed by atoms with E-state index in [1.807, 2.05) is 6.07 Å². The van der Waals surface area contributed by atoms with Gasteiger partial charge < -0.3 is 4.90 Å². The molecule has 2 heterocycles. The number of fused-ring (bicyclic) bond motifs is 2. The minimum atomic E-state index is -4.47. The first kappa shape index (κ1) is 20.6. The lowest BCUT2D eigenvalue weighted by Gasteiger charge is -2.33. The number of anilines is 2. The van der Waals surface area contributed by atoms with Crippen LogP contribution in [0.1, 0.15) is 16.7 Å². The van der Waals surface area contributed by atoms with Crippen molar-refractivity contribution in [3.05, 3.63) is 95.6 Å². The summed E-state index contributed by atoms with van der Waals surface area (Å²) in [6.07, 6.45) is -4.47. The second kappa shape index (κ2) is 7.41. The third-order valence-electron chi connectivity index (χ3n) is 5.67. The highest BCUT2D eigenvalue weighted by atomic mass is 32.2. The SMILES string of the molecule is O=C1CS[C@@]2(C(=O)N(Cc3cccc(C(F)(F)F)c3)c3ccccc32)N1c1ccccc1. The molecule has 2 amide bonds. The zero-order valence-corrected chi connectivity index (χ0v) is 17.5. The number of hydrogen-bond donors (Lipinski definition) is 0. The molecule has 0 aliphatic carbocycles. The number of carbonyl (C=O) groups excluding carboxylic acids is 2. The van der Waals surface area contributed by atoms with Crippen molar-refractivity contribution < 1.29 is 22.8 Å². The van der Waals surface area contributed by atoms with Crippen LogP contribution in [0.3, 0.4) is 0 Å². The van der Waals surface area contributed by atoms with Crippen LogP contribution < -0.4 is 9.80 Å². The molecule has 8 heteroatoms. The van der Waals surface area contributed by atoms with Gasteiger partial charge in [-0.15, -0.1) is 11.8 Å². The van der Waals surface area contributed by atoms with Crippen molar-refractivity contribution in [2.75, 3.05) is 15.6 Å². The van der Waals surface area contributed by atoms with E-state index >= 15 is 0 Å². The van der Waals surface area contributed by atoms with Gasteiger partial charge in [-0.1, -0.05) is 48.5 Å². The van der Waals surface area contributed by atoms with Crippen LogP contribution in [0, 0.1) is 0 Å². The Balaban J connectivity index is 1.60. The number of hydrogen-bond acceptors (Lipinski definition) is 3. The Hall–Kier alpha value is -3.26. The molecule has 1 saturated heterocycles. The zero-order valence-electron chi connectivity index (χ0n) is 16.7. The number of halogens is 3. The molecule has 0 saturated carbocycles. The Morgan fingerprint density at radius 1 is 0.906 bits per heavy atom. The van der Waals surface area contributed by atoms with Crippen LogP contribution in [0.15, 0.2) is 78.9 Å². The summed E-state index contributed by atoms with van der Waals surface area (Å²) >= 11 is 1.24. The van der Waals surface area contributed by atoms with Crippen LogP contribution in [0.4, 0.5) is 24.5 Å². The summed E-state index contributed by atoms with van der Waals surface area (Å²) in [7, 11) is 0. The fourth-order valence-corrected chi connectivity index (χ4v) is 5.68. The van der Waals surface area contributed by atoms with Crippen LogP contribution >= 0.6 is 11.8 Å². The fourth-order valence-electron chi connectivity index (χ4n) is 4.32. The van der Waals surface area contributed by atoms with E-state index in [9.17, 15) is 22.8 Å².